The molecule has 2 heterocycles. The molecular weight excluding hydrogens is 328 g/mol. The summed E-state index contributed by atoms with van der Waals surface area (Å²) in [5.74, 6) is 0.838. The van der Waals surface area contributed by atoms with Crippen molar-refractivity contribution in [3.8, 4) is 11.4 Å². The monoisotopic (exact) mass is 354 g/mol. The lowest BCUT2D eigenvalue weighted by Gasteiger charge is -2.20. The summed E-state index contributed by atoms with van der Waals surface area (Å²) >= 11 is 0. The molecule has 7 nitrogen and oxygen atoms in total. The summed E-state index contributed by atoms with van der Waals surface area (Å²) < 4.78 is 1.70. The summed E-state index contributed by atoms with van der Waals surface area (Å²) in [4.78, 5) is 9.01. The van der Waals surface area contributed by atoms with Gasteiger partial charge in [0.05, 0.1) is 12.1 Å². The molecule has 26 heavy (non-hydrogen) atoms. The predicted molar refractivity (Wildman–Crippen MR) is 102 cm³/mol. The van der Waals surface area contributed by atoms with Gasteiger partial charge in [0.2, 0.25) is 0 Å². The molecule has 0 aliphatic carbocycles. The van der Waals surface area contributed by atoms with Gasteiger partial charge in [-0.25, -0.2) is 14.6 Å². The SMILES string of the molecule is CCCCCC[C@@H]([C@@H](C)O)n1nnc2c(N)nc(-c3ccccc3)nc21. The van der Waals surface area contributed by atoms with E-state index in [4.69, 9.17) is 5.73 Å². The minimum absolute atomic E-state index is 0.185. The summed E-state index contributed by atoms with van der Waals surface area (Å²) in [5.41, 5.74) is 8.02. The molecule has 3 aromatic rings. The van der Waals surface area contributed by atoms with Crippen LogP contribution in [0.4, 0.5) is 5.82 Å². The number of nitrogen functional groups attached to an aromatic ring is 1. The van der Waals surface area contributed by atoms with E-state index in [1.54, 1.807) is 11.6 Å². The average Bonchev–Trinajstić information content (AvgIpc) is 3.06. The summed E-state index contributed by atoms with van der Waals surface area (Å²) in [6.07, 6.45) is 4.79. The third kappa shape index (κ3) is 3.83. The normalized spacial score (nSPS) is 13.8. The number of nitrogens with two attached hydrogens (primary N) is 1. The Kier molecular flexibility index (Phi) is 5.78. The first-order valence-corrected chi connectivity index (χ1v) is 9.23. The van der Waals surface area contributed by atoms with E-state index in [1.165, 1.54) is 12.8 Å². The van der Waals surface area contributed by atoms with E-state index < -0.39 is 6.10 Å². The number of aromatic nitrogens is 5. The first-order chi connectivity index (χ1) is 12.6. The molecule has 0 aliphatic heterocycles. The Hall–Kier alpha value is -2.54. The smallest absolute Gasteiger partial charge is 0.184 e. The Labute approximate surface area is 153 Å². The molecule has 7 heteroatoms. The molecule has 2 atom stereocenters. The first kappa shape index (κ1) is 18.3. The third-order valence-corrected chi connectivity index (χ3v) is 4.61. The zero-order valence-corrected chi connectivity index (χ0v) is 15.3. The second-order valence-corrected chi connectivity index (χ2v) is 6.66. The number of benzene rings is 1. The van der Waals surface area contributed by atoms with E-state index in [9.17, 15) is 5.11 Å². The highest BCUT2D eigenvalue weighted by Gasteiger charge is 2.23. The lowest BCUT2D eigenvalue weighted by atomic mass is 10.0. The first-order valence-electron chi connectivity index (χ1n) is 9.23. The highest BCUT2D eigenvalue weighted by molar-refractivity contribution is 5.83. The van der Waals surface area contributed by atoms with E-state index in [0.717, 1.165) is 24.8 Å². The molecule has 0 bridgehead atoms. The van der Waals surface area contributed by atoms with Crippen molar-refractivity contribution < 1.29 is 5.11 Å². The topological polar surface area (TPSA) is 103 Å². The fourth-order valence-corrected chi connectivity index (χ4v) is 3.14. The van der Waals surface area contributed by atoms with Gasteiger partial charge >= 0.3 is 0 Å². The van der Waals surface area contributed by atoms with Crippen LogP contribution in [0.2, 0.25) is 0 Å². The van der Waals surface area contributed by atoms with Crippen LogP contribution in [0.1, 0.15) is 52.0 Å². The summed E-state index contributed by atoms with van der Waals surface area (Å²) in [6, 6.07) is 9.49. The number of fused-ring (bicyclic) bond motifs is 1. The number of hydrogen-bond acceptors (Lipinski definition) is 6. The molecule has 1 aromatic carbocycles. The summed E-state index contributed by atoms with van der Waals surface area (Å²) in [6.45, 7) is 3.96. The lowest BCUT2D eigenvalue weighted by molar-refractivity contribution is 0.116. The van der Waals surface area contributed by atoms with Crippen LogP contribution in [0.15, 0.2) is 30.3 Å². The number of hydrogen-bond donors (Lipinski definition) is 2. The Morgan fingerprint density at radius 2 is 1.88 bits per heavy atom. The fourth-order valence-electron chi connectivity index (χ4n) is 3.14. The minimum Gasteiger partial charge on any atom is -0.391 e. The lowest BCUT2D eigenvalue weighted by Crippen LogP contribution is -2.23. The van der Waals surface area contributed by atoms with Crippen LogP contribution < -0.4 is 5.73 Å². The van der Waals surface area contributed by atoms with Gasteiger partial charge in [-0.3, -0.25) is 0 Å². The van der Waals surface area contributed by atoms with Gasteiger partial charge in [0.25, 0.3) is 0 Å². The van der Waals surface area contributed by atoms with Crippen LogP contribution in [0.3, 0.4) is 0 Å². The minimum atomic E-state index is -0.558. The molecule has 138 valence electrons. The van der Waals surface area contributed by atoms with Crippen molar-refractivity contribution in [2.24, 2.45) is 0 Å². The Morgan fingerprint density at radius 3 is 2.58 bits per heavy atom. The standard InChI is InChI=1S/C19H26N6O/c1-3-4-5-9-12-15(13(2)26)25-19-16(23-24-25)17(20)21-18(22-19)14-10-7-6-8-11-14/h6-8,10-11,13,15,26H,3-5,9,12H2,1-2H3,(H2,20,21,22)/t13-,15+/m1/s1. The third-order valence-electron chi connectivity index (χ3n) is 4.61. The van der Waals surface area contributed by atoms with Crippen molar-refractivity contribution in [1.82, 2.24) is 25.0 Å². The van der Waals surface area contributed by atoms with Crippen LogP contribution in [-0.2, 0) is 0 Å². The molecular formula is C19H26N6O. The summed E-state index contributed by atoms with van der Waals surface area (Å²) in [7, 11) is 0. The van der Waals surface area contributed by atoms with Crippen LogP contribution >= 0.6 is 0 Å². The van der Waals surface area contributed by atoms with Crippen molar-refractivity contribution in [2.45, 2.75) is 58.1 Å². The number of aliphatic hydroxyl groups excluding tert-OH is 1. The van der Waals surface area contributed by atoms with Crippen molar-refractivity contribution in [3.63, 3.8) is 0 Å². The van der Waals surface area contributed by atoms with Crippen molar-refractivity contribution in [3.05, 3.63) is 30.3 Å². The zero-order valence-electron chi connectivity index (χ0n) is 15.3. The number of anilines is 1. The molecule has 0 amide bonds. The average molecular weight is 354 g/mol. The van der Waals surface area contributed by atoms with Crippen molar-refractivity contribution >= 4 is 17.0 Å². The van der Waals surface area contributed by atoms with E-state index in [2.05, 4.69) is 27.2 Å². The quantitative estimate of drug-likeness (QED) is 0.601. The highest BCUT2D eigenvalue weighted by Crippen LogP contribution is 2.26. The molecule has 0 saturated carbocycles. The molecule has 3 rings (SSSR count). The maximum atomic E-state index is 10.3. The van der Waals surface area contributed by atoms with Gasteiger partial charge in [-0.05, 0) is 13.3 Å². The molecule has 0 aliphatic rings. The fraction of sp³-hybridized carbons (Fsp3) is 0.474. The molecule has 2 aromatic heterocycles. The molecule has 0 fully saturated rings. The Bertz CT molecular complexity index is 846. The second-order valence-electron chi connectivity index (χ2n) is 6.66. The van der Waals surface area contributed by atoms with Crippen LogP contribution in [0, 0.1) is 0 Å². The maximum absolute atomic E-state index is 10.3. The number of rotatable bonds is 8. The maximum Gasteiger partial charge on any atom is 0.184 e. The van der Waals surface area contributed by atoms with E-state index in [-0.39, 0.29) is 6.04 Å². The van der Waals surface area contributed by atoms with Crippen LogP contribution in [-0.4, -0.2) is 36.2 Å². The van der Waals surface area contributed by atoms with Gasteiger partial charge < -0.3 is 10.8 Å². The Morgan fingerprint density at radius 1 is 1.12 bits per heavy atom. The number of unbranched alkanes of at least 4 members (excludes halogenated alkanes) is 3. The zero-order chi connectivity index (χ0) is 18.5. The van der Waals surface area contributed by atoms with Gasteiger partial charge in [0.15, 0.2) is 22.8 Å². The van der Waals surface area contributed by atoms with Crippen molar-refractivity contribution in [2.75, 3.05) is 5.73 Å². The second kappa shape index (κ2) is 8.23. The molecule has 0 spiro atoms. The van der Waals surface area contributed by atoms with Crippen LogP contribution in [0.5, 0.6) is 0 Å². The summed E-state index contributed by atoms with van der Waals surface area (Å²) in [5, 5.41) is 18.7. The van der Waals surface area contributed by atoms with Gasteiger partial charge in [0, 0.05) is 5.56 Å². The number of nitrogens with zero attached hydrogens (tertiary/aromatic N) is 5. The van der Waals surface area contributed by atoms with E-state index >= 15 is 0 Å². The van der Waals surface area contributed by atoms with Gasteiger partial charge in [0.1, 0.15) is 0 Å². The molecule has 0 unspecified atom stereocenters. The van der Waals surface area contributed by atoms with E-state index in [0.29, 0.717) is 22.8 Å². The highest BCUT2D eigenvalue weighted by atomic mass is 16.3. The van der Waals surface area contributed by atoms with Crippen molar-refractivity contribution in [1.29, 1.82) is 0 Å². The van der Waals surface area contributed by atoms with E-state index in [1.807, 2.05) is 30.3 Å². The van der Waals surface area contributed by atoms with Crippen LogP contribution in [0.25, 0.3) is 22.6 Å². The predicted octanol–water partition coefficient (Wildman–Crippen LogP) is 3.36. The number of aliphatic hydroxyl groups is 1. The molecule has 3 N–H and O–H groups in total. The largest absolute Gasteiger partial charge is 0.391 e. The molecule has 0 saturated heterocycles. The van der Waals surface area contributed by atoms with Gasteiger partial charge in [-0.2, -0.15) is 0 Å². The van der Waals surface area contributed by atoms with Gasteiger partial charge in [-0.15, -0.1) is 5.10 Å². The Balaban J connectivity index is 1.98. The molecule has 0 radical (unpaired) electrons. The van der Waals surface area contributed by atoms with Gasteiger partial charge in [-0.1, -0.05) is 68.2 Å².